The molecule has 4 heteroatoms. The van der Waals surface area contributed by atoms with Crippen LogP contribution in [0.2, 0.25) is 0 Å². The highest BCUT2D eigenvalue weighted by Crippen LogP contribution is 2.23. The lowest BCUT2D eigenvalue weighted by molar-refractivity contribution is 0.152. The quantitative estimate of drug-likeness (QED) is 0.802. The molecule has 3 aromatic rings. The molecule has 1 aromatic heterocycles. The Morgan fingerprint density at radius 3 is 2.63 bits per heavy atom. The van der Waals surface area contributed by atoms with Crippen LogP contribution in [0.5, 0.6) is 0 Å². The second-order valence-corrected chi connectivity index (χ2v) is 5.31. The molecule has 0 radical (unpaired) electrons. The van der Waals surface area contributed by atoms with Gasteiger partial charge in [0.05, 0.1) is 12.6 Å². The summed E-state index contributed by atoms with van der Waals surface area (Å²) in [6.07, 6.45) is 1.40. The first-order valence-electron chi connectivity index (χ1n) is 6.09. The Kier molecular flexibility index (Phi) is 3.36. The third-order valence-electron chi connectivity index (χ3n) is 3.08. The number of benzene rings is 2. The minimum absolute atomic E-state index is 0.450. The number of fused-ring (bicyclic) bond motifs is 1. The zero-order valence-electron chi connectivity index (χ0n) is 10.2. The van der Waals surface area contributed by atoms with Crippen LogP contribution in [0.25, 0.3) is 10.9 Å². The summed E-state index contributed by atoms with van der Waals surface area (Å²) in [5.41, 5.74) is 1.82. The van der Waals surface area contributed by atoms with E-state index in [4.69, 9.17) is 0 Å². The van der Waals surface area contributed by atoms with Gasteiger partial charge in [0.15, 0.2) is 0 Å². The van der Waals surface area contributed by atoms with Gasteiger partial charge in [-0.15, -0.1) is 0 Å². The molecule has 0 fully saturated rings. The largest absolute Gasteiger partial charge is 0.386 e. The van der Waals surface area contributed by atoms with Crippen LogP contribution in [0, 0.1) is 0 Å². The maximum Gasteiger partial charge on any atom is 0.106 e. The molecule has 0 aliphatic heterocycles. The molecular weight excluding hydrogens is 304 g/mol. The van der Waals surface area contributed by atoms with E-state index in [9.17, 15) is 5.11 Å². The van der Waals surface area contributed by atoms with E-state index in [0.29, 0.717) is 6.54 Å². The molecule has 0 aliphatic carbocycles. The number of aliphatic hydroxyl groups excluding tert-OH is 1. The number of aromatic nitrogens is 2. The Bertz CT molecular complexity index is 694. The van der Waals surface area contributed by atoms with Crippen molar-refractivity contribution in [3.63, 3.8) is 0 Å². The summed E-state index contributed by atoms with van der Waals surface area (Å²) in [5.74, 6) is 0. The Morgan fingerprint density at radius 2 is 1.89 bits per heavy atom. The van der Waals surface area contributed by atoms with Gasteiger partial charge >= 0.3 is 0 Å². The van der Waals surface area contributed by atoms with Gasteiger partial charge in [-0.05, 0) is 27.6 Å². The van der Waals surface area contributed by atoms with E-state index in [-0.39, 0.29) is 0 Å². The van der Waals surface area contributed by atoms with Crippen molar-refractivity contribution < 1.29 is 5.11 Å². The van der Waals surface area contributed by atoms with Gasteiger partial charge in [-0.2, -0.15) is 5.10 Å². The van der Waals surface area contributed by atoms with Crippen molar-refractivity contribution in [3.05, 3.63) is 64.8 Å². The van der Waals surface area contributed by atoms with Gasteiger partial charge in [0.1, 0.15) is 5.52 Å². The Hall–Kier alpha value is -1.65. The van der Waals surface area contributed by atoms with Crippen molar-refractivity contribution in [1.82, 2.24) is 9.78 Å². The summed E-state index contributed by atoms with van der Waals surface area (Å²) in [5, 5.41) is 15.7. The van der Waals surface area contributed by atoms with Crippen LogP contribution in [0.4, 0.5) is 0 Å². The van der Waals surface area contributed by atoms with E-state index in [0.717, 1.165) is 20.9 Å². The minimum Gasteiger partial charge on any atom is -0.386 e. The smallest absolute Gasteiger partial charge is 0.106 e. The highest BCUT2D eigenvalue weighted by atomic mass is 79.9. The molecule has 2 aromatic carbocycles. The van der Waals surface area contributed by atoms with Crippen molar-refractivity contribution in [2.45, 2.75) is 12.6 Å². The molecule has 3 nitrogen and oxygen atoms in total. The summed E-state index contributed by atoms with van der Waals surface area (Å²) < 4.78 is 2.76. The summed E-state index contributed by atoms with van der Waals surface area (Å²) in [6, 6.07) is 15.6. The van der Waals surface area contributed by atoms with Crippen molar-refractivity contribution in [3.8, 4) is 0 Å². The molecule has 0 saturated carbocycles. The highest BCUT2D eigenvalue weighted by Gasteiger charge is 2.10. The lowest BCUT2D eigenvalue weighted by Crippen LogP contribution is -2.08. The molecule has 1 atom stereocenters. The van der Waals surface area contributed by atoms with Crippen molar-refractivity contribution in [2.75, 3.05) is 0 Å². The molecule has 3 rings (SSSR count). The van der Waals surface area contributed by atoms with Gasteiger partial charge in [0.2, 0.25) is 0 Å². The molecule has 1 N–H and O–H groups in total. The first-order chi connectivity index (χ1) is 9.24. The van der Waals surface area contributed by atoms with Gasteiger partial charge in [0.25, 0.3) is 0 Å². The summed E-state index contributed by atoms with van der Waals surface area (Å²) >= 11 is 3.48. The number of halogens is 1. The average molecular weight is 317 g/mol. The number of nitrogens with zero attached hydrogens (tertiary/aromatic N) is 2. The third kappa shape index (κ3) is 2.55. The average Bonchev–Trinajstić information content (AvgIpc) is 2.84. The molecular formula is C15H13BrN2O. The van der Waals surface area contributed by atoms with E-state index < -0.39 is 6.10 Å². The van der Waals surface area contributed by atoms with Crippen LogP contribution >= 0.6 is 15.9 Å². The topological polar surface area (TPSA) is 38.0 Å². The normalized spacial score (nSPS) is 12.7. The van der Waals surface area contributed by atoms with E-state index in [1.807, 2.05) is 54.7 Å². The van der Waals surface area contributed by atoms with Gasteiger partial charge in [-0.3, -0.25) is 4.68 Å². The zero-order chi connectivity index (χ0) is 13.2. The standard InChI is InChI=1S/C15H13BrN2O/c16-13-8-4-7-12-9-18(17-15(12)13)10-14(19)11-5-2-1-3-6-11/h1-9,14,19H,10H2/t14-/m1/s1. The van der Waals surface area contributed by atoms with Gasteiger partial charge < -0.3 is 5.11 Å². The van der Waals surface area contributed by atoms with Crippen LogP contribution in [0.1, 0.15) is 11.7 Å². The van der Waals surface area contributed by atoms with Gasteiger partial charge in [-0.25, -0.2) is 0 Å². The van der Waals surface area contributed by atoms with Gasteiger partial charge in [-0.1, -0.05) is 42.5 Å². The fraction of sp³-hybridized carbons (Fsp3) is 0.133. The van der Waals surface area contributed by atoms with Crippen LogP contribution in [0.15, 0.2) is 59.2 Å². The Balaban J connectivity index is 1.88. The highest BCUT2D eigenvalue weighted by molar-refractivity contribution is 9.10. The van der Waals surface area contributed by atoms with Crippen molar-refractivity contribution in [1.29, 1.82) is 0 Å². The van der Waals surface area contributed by atoms with E-state index >= 15 is 0 Å². The minimum atomic E-state index is -0.547. The molecule has 1 heterocycles. The molecule has 0 amide bonds. The molecule has 0 saturated heterocycles. The van der Waals surface area contributed by atoms with E-state index in [2.05, 4.69) is 21.0 Å². The monoisotopic (exact) mass is 316 g/mol. The maximum atomic E-state index is 10.2. The second-order valence-electron chi connectivity index (χ2n) is 4.46. The van der Waals surface area contributed by atoms with Crippen LogP contribution in [0.3, 0.4) is 0 Å². The molecule has 0 aliphatic rings. The Labute approximate surface area is 119 Å². The summed E-state index contributed by atoms with van der Waals surface area (Å²) in [7, 11) is 0. The SMILES string of the molecule is O[C@H](Cn1cc2cccc(Br)c2n1)c1ccccc1. The number of rotatable bonds is 3. The third-order valence-corrected chi connectivity index (χ3v) is 3.72. The maximum absolute atomic E-state index is 10.2. The lowest BCUT2D eigenvalue weighted by Gasteiger charge is -2.10. The van der Waals surface area contributed by atoms with E-state index in [1.165, 1.54) is 0 Å². The molecule has 96 valence electrons. The Morgan fingerprint density at radius 1 is 1.11 bits per heavy atom. The van der Waals surface area contributed by atoms with Crippen LogP contribution in [-0.2, 0) is 6.54 Å². The molecule has 0 spiro atoms. The first kappa shape index (κ1) is 12.4. The summed E-state index contributed by atoms with van der Waals surface area (Å²) in [6.45, 7) is 0.450. The number of hydrogen-bond acceptors (Lipinski definition) is 2. The fourth-order valence-electron chi connectivity index (χ4n) is 2.11. The first-order valence-corrected chi connectivity index (χ1v) is 6.88. The van der Waals surface area contributed by atoms with Crippen LogP contribution < -0.4 is 0 Å². The molecule has 0 bridgehead atoms. The molecule has 19 heavy (non-hydrogen) atoms. The summed E-state index contributed by atoms with van der Waals surface area (Å²) in [4.78, 5) is 0. The van der Waals surface area contributed by atoms with Crippen molar-refractivity contribution >= 4 is 26.8 Å². The number of aliphatic hydroxyl groups is 1. The lowest BCUT2D eigenvalue weighted by atomic mass is 10.1. The van der Waals surface area contributed by atoms with E-state index in [1.54, 1.807) is 4.68 Å². The predicted octanol–water partition coefficient (Wildman–Crippen LogP) is 3.53. The zero-order valence-corrected chi connectivity index (χ0v) is 11.8. The predicted molar refractivity (Wildman–Crippen MR) is 78.8 cm³/mol. The second kappa shape index (κ2) is 5.15. The fourth-order valence-corrected chi connectivity index (χ4v) is 2.57. The van der Waals surface area contributed by atoms with Crippen LogP contribution in [-0.4, -0.2) is 14.9 Å². The molecule has 0 unspecified atom stereocenters. The number of hydrogen-bond donors (Lipinski definition) is 1. The van der Waals surface area contributed by atoms with Gasteiger partial charge in [0, 0.05) is 16.1 Å². The van der Waals surface area contributed by atoms with Crippen molar-refractivity contribution in [2.24, 2.45) is 0 Å².